The van der Waals surface area contributed by atoms with E-state index in [2.05, 4.69) is 49.4 Å². The molecule has 120 valence electrons. The molecule has 0 bridgehead atoms. The molecule has 0 radical (unpaired) electrons. The number of nitrogens with one attached hydrogen (secondary N) is 2. The molecule has 0 spiro atoms. The third kappa shape index (κ3) is 2.23. The summed E-state index contributed by atoms with van der Waals surface area (Å²) >= 11 is 0. The Hall–Kier alpha value is -3.67. The van der Waals surface area contributed by atoms with Crippen LogP contribution in [0, 0.1) is 0 Å². The minimum atomic E-state index is 0.503. The van der Waals surface area contributed by atoms with E-state index in [1.54, 1.807) is 12.4 Å². The average molecular weight is 326 g/mol. The molecule has 4 heterocycles. The van der Waals surface area contributed by atoms with Crippen molar-refractivity contribution >= 4 is 27.8 Å². The average Bonchev–Trinajstić information content (AvgIpc) is 3.27. The second-order valence-corrected chi connectivity index (χ2v) is 5.95. The Morgan fingerprint density at radius 3 is 2.72 bits per heavy atom. The van der Waals surface area contributed by atoms with Crippen molar-refractivity contribution in [3.8, 4) is 22.4 Å². The van der Waals surface area contributed by atoms with Gasteiger partial charge in [0.25, 0.3) is 0 Å². The number of hydrogen-bond acceptors (Lipinski definition) is 4. The molecule has 0 fully saturated rings. The maximum absolute atomic E-state index is 5.83. The lowest BCUT2D eigenvalue weighted by Gasteiger charge is -2.03. The number of hydrogen-bond donors (Lipinski definition) is 3. The topological polar surface area (TPSA) is 96.3 Å². The number of H-pyrrole nitrogens is 2. The highest BCUT2D eigenvalue weighted by molar-refractivity contribution is 5.97. The van der Waals surface area contributed by atoms with Crippen LogP contribution >= 0.6 is 0 Å². The minimum absolute atomic E-state index is 0.503. The number of pyridine rings is 2. The molecule has 6 heteroatoms. The largest absolute Gasteiger partial charge is 0.384 e. The van der Waals surface area contributed by atoms with Crippen molar-refractivity contribution in [3.05, 3.63) is 61.1 Å². The Bertz CT molecular complexity index is 1220. The van der Waals surface area contributed by atoms with Crippen LogP contribution in [0.1, 0.15) is 0 Å². The Kier molecular flexibility index (Phi) is 2.84. The second kappa shape index (κ2) is 5.17. The lowest BCUT2D eigenvalue weighted by Crippen LogP contribution is -1.90. The number of aromatic nitrogens is 5. The van der Waals surface area contributed by atoms with Gasteiger partial charge in [-0.2, -0.15) is 5.10 Å². The fraction of sp³-hybridized carbons (Fsp3) is 0. The number of nitrogens with zero attached hydrogens (tertiary/aromatic N) is 3. The van der Waals surface area contributed by atoms with Gasteiger partial charge in [-0.05, 0) is 41.5 Å². The van der Waals surface area contributed by atoms with E-state index in [9.17, 15) is 0 Å². The zero-order chi connectivity index (χ0) is 16.8. The van der Waals surface area contributed by atoms with Crippen molar-refractivity contribution in [1.82, 2.24) is 25.1 Å². The SMILES string of the molecule is Nc1cc(-c2ccnc3[nH]c(-c4ccc5cn[nH]c5c4)cc23)ccn1. The Balaban J connectivity index is 1.70. The van der Waals surface area contributed by atoms with Crippen LogP contribution in [0.2, 0.25) is 0 Å². The molecule has 0 saturated heterocycles. The van der Waals surface area contributed by atoms with Gasteiger partial charge < -0.3 is 10.7 Å². The van der Waals surface area contributed by atoms with Gasteiger partial charge in [0.2, 0.25) is 0 Å². The number of aromatic amines is 2. The number of fused-ring (bicyclic) bond motifs is 2. The van der Waals surface area contributed by atoms with Crippen LogP contribution in [0.4, 0.5) is 5.82 Å². The molecule has 0 amide bonds. The summed E-state index contributed by atoms with van der Waals surface area (Å²) in [6.07, 6.45) is 5.33. The van der Waals surface area contributed by atoms with E-state index in [0.29, 0.717) is 5.82 Å². The predicted molar refractivity (Wildman–Crippen MR) is 98.8 cm³/mol. The minimum Gasteiger partial charge on any atom is -0.384 e. The van der Waals surface area contributed by atoms with Gasteiger partial charge in [-0.15, -0.1) is 0 Å². The summed E-state index contributed by atoms with van der Waals surface area (Å²) in [6, 6.07) is 14.1. The van der Waals surface area contributed by atoms with Crippen LogP contribution in [0.15, 0.2) is 61.1 Å². The highest BCUT2D eigenvalue weighted by Gasteiger charge is 2.11. The van der Waals surface area contributed by atoms with E-state index in [1.165, 1.54) is 0 Å². The van der Waals surface area contributed by atoms with Crippen molar-refractivity contribution in [2.75, 3.05) is 5.73 Å². The van der Waals surface area contributed by atoms with Crippen molar-refractivity contribution in [3.63, 3.8) is 0 Å². The summed E-state index contributed by atoms with van der Waals surface area (Å²) in [7, 11) is 0. The van der Waals surface area contributed by atoms with E-state index >= 15 is 0 Å². The number of rotatable bonds is 2. The fourth-order valence-electron chi connectivity index (χ4n) is 3.15. The number of anilines is 1. The van der Waals surface area contributed by atoms with Crippen LogP contribution in [-0.4, -0.2) is 25.1 Å². The molecule has 5 aromatic rings. The van der Waals surface area contributed by atoms with Crippen molar-refractivity contribution in [2.24, 2.45) is 0 Å². The normalized spacial score (nSPS) is 11.4. The van der Waals surface area contributed by atoms with Gasteiger partial charge in [-0.3, -0.25) is 5.10 Å². The molecule has 0 aliphatic carbocycles. The van der Waals surface area contributed by atoms with Gasteiger partial charge in [0, 0.05) is 34.4 Å². The third-order valence-corrected chi connectivity index (χ3v) is 4.38. The molecule has 5 rings (SSSR count). The first-order valence-corrected chi connectivity index (χ1v) is 7.91. The van der Waals surface area contributed by atoms with E-state index in [-0.39, 0.29) is 0 Å². The molecule has 0 aliphatic heterocycles. The van der Waals surface area contributed by atoms with Crippen LogP contribution in [0.25, 0.3) is 44.3 Å². The van der Waals surface area contributed by atoms with E-state index < -0.39 is 0 Å². The summed E-state index contributed by atoms with van der Waals surface area (Å²) in [5.41, 5.74) is 11.9. The van der Waals surface area contributed by atoms with Crippen molar-refractivity contribution < 1.29 is 0 Å². The monoisotopic (exact) mass is 326 g/mol. The Labute approximate surface area is 142 Å². The summed E-state index contributed by atoms with van der Waals surface area (Å²) < 4.78 is 0. The van der Waals surface area contributed by atoms with E-state index in [1.807, 2.05) is 24.4 Å². The molecule has 0 aliphatic rings. The molecule has 4 aromatic heterocycles. The van der Waals surface area contributed by atoms with Gasteiger partial charge in [0.15, 0.2) is 0 Å². The zero-order valence-corrected chi connectivity index (χ0v) is 13.2. The first-order chi connectivity index (χ1) is 12.3. The number of nitrogen functional groups attached to an aromatic ring is 1. The van der Waals surface area contributed by atoms with Gasteiger partial charge in [0.1, 0.15) is 11.5 Å². The molecule has 6 nitrogen and oxygen atoms in total. The second-order valence-electron chi connectivity index (χ2n) is 5.95. The Morgan fingerprint density at radius 1 is 0.880 bits per heavy atom. The molecule has 25 heavy (non-hydrogen) atoms. The van der Waals surface area contributed by atoms with Gasteiger partial charge >= 0.3 is 0 Å². The highest BCUT2D eigenvalue weighted by Crippen LogP contribution is 2.32. The van der Waals surface area contributed by atoms with Crippen LogP contribution < -0.4 is 5.73 Å². The third-order valence-electron chi connectivity index (χ3n) is 4.38. The summed E-state index contributed by atoms with van der Waals surface area (Å²) in [6.45, 7) is 0. The van der Waals surface area contributed by atoms with Crippen molar-refractivity contribution in [1.29, 1.82) is 0 Å². The molecular weight excluding hydrogens is 312 g/mol. The maximum atomic E-state index is 5.83. The number of nitrogens with two attached hydrogens (primary N) is 1. The Morgan fingerprint density at radius 2 is 1.80 bits per heavy atom. The lowest BCUT2D eigenvalue weighted by molar-refractivity contribution is 1.12. The van der Waals surface area contributed by atoms with E-state index in [4.69, 9.17) is 5.73 Å². The zero-order valence-electron chi connectivity index (χ0n) is 13.2. The number of benzene rings is 1. The molecule has 0 unspecified atom stereocenters. The summed E-state index contributed by atoms with van der Waals surface area (Å²) in [5.74, 6) is 0.503. The van der Waals surface area contributed by atoms with Crippen molar-refractivity contribution in [2.45, 2.75) is 0 Å². The molecule has 4 N–H and O–H groups in total. The van der Waals surface area contributed by atoms with E-state index in [0.717, 1.165) is 44.3 Å². The standard InChI is InChI=1S/C19H14N6/c20-18-8-11(3-5-21-18)14-4-6-22-19-15(14)9-16(24-19)12-1-2-13-10-23-25-17(13)7-12/h1-10H,(H2,20,21)(H,22,24)(H,23,25). The first-order valence-electron chi connectivity index (χ1n) is 7.91. The predicted octanol–water partition coefficient (Wildman–Crippen LogP) is 3.75. The first kappa shape index (κ1) is 13.7. The molecular formula is C19H14N6. The van der Waals surface area contributed by atoms with Crippen LogP contribution in [0.5, 0.6) is 0 Å². The van der Waals surface area contributed by atoms with Gasteiger partial charge in [-0.25, -0.2) is 9.97 Å². The van der Waals surface area contributed by atoms with Crippen LogP contribution in [0.3, 0.4) is 0 Å². The van der Waals surface area contributed by atoms with Gasteiger partial charge in [-0.1, -0.05) is 12.1 Å². The summed E-state index contributed by atoms with van der Waals surface area (Å²) in [5, 5.41) is 9.22. The smallest absolute Gasteiger partial charge is 0.138 e. The van der Waals surface area contributed by atoms with Crippen LogP contribution in [-0.2, 0) is 0 Å². The highest BCUT2D eigenvalue weighted by atomic mass is 15.1. The van der Waals surface area contributed by atoms with Gasteiger partial charge in [0.05, 0.1) is 11.7 Å². The molecule has 0 atom stereocenters. The maximum Gasteiger partial charge on any atom is 0.138 e. The summed E-state index contributed by atoms with van der Waals surface area (Å²) in [4.78, 5) is 11.9. The quantitative estimate of drug-likeness (QED) is 0.460. The lowest BCUT2D eigenvalue weighted by atomic mass is 10.0. The molecule has 1 aromatic carbocycles. The molecule has 0 saturated carbocycles. The fourth-order valence-corrected chi connectivity index (χ4v) is 3.15.